The van der Waals surface area contributed by atoms with Crippen molar-refractivity contribution in [1.82, 2.24) is 0 Å². The molecule has 0 amide bonds. The Morgan fingerprint density at radius 1 is 1.62 bits per heavy atom. The Bertz CT molecular complexity index is 89.1. The fourth-order valence-corrected chi connectivity index (χ4v) is 0.372. The predicted octanol–water partition coefficient (Wildman–Crippen LogP) is 0.993. The second kappa shape index (κ2) is 3.51. The Kier molecular flexibility index (Phi) is 3.30. The van der Waals surface area contributed by atoms with Gasteiger partial charge in [0.05, 0.1) is 0 Å². The molecule has 1 atom stereocenters. The zero-order valence-corrected chi connectivity index (χ0v) is 5.52. The monoisotopic (exact) mass is 111 g/mol. The molecule has 0 fully saturated rings. The SMILES string of the molecule is C#CCC(N)C(C)C. The molecule has 0 aromatic heterocycles. The first-order valence-electron chi connectivity index (χ1n) is 2.87. The van der Waals surface area contributed by atoms with Gasteiger partial charge in [0.2, 0.25) is 0 Å². The van der Waals surface area contributed by atoms with Crippen molar-refractivity contribution < 1.29 is 0 Å². The summed E-state index contributed by atoms with van der Waals surface area (Å²) in [5.74, 6) is 3.03. The van der Waals surface area contributed by atoms with Gasteiger partial charge in [-0.1, -0.05) is 13.8 Å². The third-order valence-electron chi connectivity index (χ3n) is 1.21. The zero-order valence-electron chi connectivity index (χ0n) is 5.52. The van der Waals surface area contributed by atoms with E-state index in [2.05, 4.69) is 19.8 Å². The van der Waals surface area contributed by atoms with Crippen molar-refractivity contribution in [3.63, 3.8) is 0 Å². The minimum Gasteiger partial charge on any atom is -0.327 e. The molecule has 0 heterocycles. The molecule has 0 radical (unpaired) electrons. The number of terminal acetylenes is 1. The molecule has 0 spiro atoms. The second-order valence-electron chi connectivity index (χ2n) is 2.32. The van der Waals surface area contributed by atoms with E-state index in [1.54, 1.807) is 0 Å². The molecule has 0 aliphatic heterocycles. The lowest BCUT2D eigenvalue weighted by molar-refractivity contribution is 0.502. The predicted molar refractivity (Wildman–Crippen MR) is 36.3 cm³/mol. The second-order valence-corrected chi connectivity index (χ2v) is 2.32. The van der Waals surface area contributed by atoms with E-state index in [4.69, 9.17) is 12.2 Å². The van der Waals surface area contributed by atoms with Crippen LogP contribution in [0, 0.1) is 18.3 Å². The summed E-state index contributed by atoms with van der Waals surface area (Å²) in [6.07, 6.45) is 5.73. The molecule has 0 saturated carbocycles. The van der Waals surface area contributed by atoms with Gasteiger partial charge in [-0.3, -0.25) is 0 Å². The van der Waals surface area contributed by atoms with Crippen LogP contribution in [-0.4, -0.2) is 6.04 Å². The number of rotatable bonds is 2. The van der Waals surface area contributed by atoms with Gasteiger partial charge in [0.1, 0.15) is 0 Å². The summed E-state index contributed by atoms with van der Waals surface area (Å²) in [5.41, 5.74) is 5.58. The molecule has 0 aliphatic rings. The van der Waals surface area contributed by atoms with Crippen molar-refractivity contribution in [2.24, 2.45) is 11.7 Å². The summed E-state index contributed by atoms with van der Waals surface area (Å²) in [6.45, 7) is 4.14. The molecule has 8 heavy (non-hydrogen) atoms. The van der Waals surface area contributed by atoms with Gasteiger partial charge in [-0.05, 0) is 5.92 Å². The van der Waals surface area contributed by atoms with Crippen LogP contribution in [0.1, 0.15) is 20.3 Å². The third kappa shape index (κ3) is 2.65. The lowest BCUT2D eigenvalue weighted by atomic mass is 10.0. The van der Waals surface area contributed by atoms with Gasteiger partial charge in [0.15, 0.2) is 0 Å². The molecule has 2 N–H and O–H groups in total. The van der Waals surface area contributed by atoms with Gasteiger partial charge in [-0.25, -0.2) is 0 Å². The van der Waals surface area contributed by atoms with Crippen molar-refractivity contribution in [1.29, 1.82) is 0 Å². The largest absolute Gasteiger partial charge is 0.327 e. The van der Waals surface area contributed by atoms with Crippen LogP contribution in [0.3, 0.4) is 0 Å². The topological polar surface area (TPSA) is 26.0 Å². The van der Waals surface area contributed by atoms with Crippen LogP contribution in [-0.2, 0) is 0 Å². The number of nitrogens with two attached hydrogens (primary N) is 1. The highest BCUT2D eigenvalue weighted by molar-refractivity contribution is 4.89. The van der Waals surface area contributed by atoms with E-state index in [1.165, 1.54) is 0 Å². The van der Waals surface area contributed by atoms with E-state index in [0.717, 1.165) is 0 Å². The van der Waals surface area contributed by atoms with Gasteiger partial charge in [0, 0.05) is 12.5 Å². The summed E-state index contributed by atoms with van der Waals surface area (Å²) in [6, 6.07) is 0.181. The van der Waals surface area contributed by atoms with Crippen LogP contribution in [0.5, 0.6) is 0 Å². The van der Waals surface area contributed by atoms with Crippen LogP contribution >= 0.6 is 0 Å². The van der Waals surface area contributed by atoms with E-state index in [-0.39, 0.29) is 6.04 Å². The van der Waals surface area contributed by atoms with Gasteiger partial charge in [-0.15, -0.1) is 12.3 Å². The average molecular weight is 111 g/mol. The van der Waals surface area contributed by atoms with Crippen LogP contribution in [0.25, 0.3) is 0 Å². The Balaban J connectivity index is 3.35. The lowest BCUT2D eigenvalue weighted by Gasteiger charge is -2.10. The molecular formula is C7H13N. The first-order chi connectivity index (χ1) is 3.68. The van der Waals surface area contributed by atoms with Gasteiger partial charge >= 0.3 is 0 Å². The molecule has 0 aromatic carbocycles. The van der Waals surface area contributed by atoms with E-state index >= 15 is 0 Å². The van der Waals surface area contributed by atoms with Crippen LogP contribution in [0.4, 0.5) is 0 Å². The molecule has 1 heteroatoms. The highest BCUT2D eigenvalue weighted by Crippen LogP contribution is 2.00. The molecule has 0 saturated heterocycles. The number of hydrogen-bond acceptors (Lipinski definition) is 1. The highest BCUT2D eigenvalue weighted by Gasteiger charge is 2.03. The summed E-state index contributed by atoms with van der Waals surface area (Å²) >= 11 is 0. The zero-order chi connectivity index (χ0) is 6.57. The van der Waals surface area contributed by atoms with Gasteiger partial charge in [-0.2, -0.15) is 0 Å². The average Bonchev–Trinajstić information content (AvgIpc) is 1.67. The summed E-state index contributed by atoms with van der Waals surface area (Å²) < 4.78 is 0. The highest BCUT2D eigenvalue weighted by atomic mass is 14.6. The Morgan fingerprint density at radius 3 is 2.25 bits per heavy atom. The standard InChI is InChI=1S/C7H13N/c1-4-5-7(8)6(2)3/h1,6-7H,5,8H2,2-3H3. The van der Waals surface area contributed by atoms with Crippen molar-refractivity contribution in [3.8, 4) is 12.3 Å². The lowest BCUT2D eigenvalue weighted by Crippen LogP contribution is -2.25. The van der Waals surface area contributed by atoms with E-state index < -0.39 is 0 Å². The van der Waals surface area contributed by atoms with E-state index in [1.807, 2.05) is 0 Å². The Labute approximate surface area is 51.3 Å². The quantitative estimate of drug-likeness (QED) is 0.528. The fourth-order valence-electron chi connectivity index (χ4n) is 0.372. The van der Waals surface area contributed by atoms with Gasteiger partial charge in [0.25, 0.3) is 0 Å². The van der Waals surface area contributed by atoms with E-state index in [0.29, 0.717) is 12.3 Å². The summed E-state index contributed by atoms with van der Waals surface area (Å²) in [4.78, 5) is 0. The van der Waals surface area contributed by atoms with Gasteiger partial charge < -0.3 is 5.73 Å². The maximum absolute atomic E-state index is 5.58. The molecule has 1 unspecified atom stereocenters. The minimum absolute atomic E-state index is 0.181. The third-order valence-corrected chi connectivity index (χ3v) is 1.21. The minimum atomic E-state index is 0.181. The molecule has 0 aliphatic carbocycles. The van der Waals surface area contributed by atoms with Crippen molar-refractivity contribution in [2.45, 2.75) is 26.3 Å². The van der Waals surface area contributed by atoms with Crippen molar-refractivity contribution in [2.75, 3.05) is 0 Å². The van der Waals surface area contributed by atoms with Crippen molar-refractivity contribution >= 4 is 0 Å². The molecular weight excluding hydrogens is 98.1 g/mol. The number of hydrogen-bond donors (Lipinski definition) is 1. The Morgan fingerprint density at radius 2 is 2.12 bits per heavy atom. The maximum Gasteiger partial charge on any atom is 0.0241 e. The Hall–Kier alpha value is -0.480. The van der Waals surface area contributed by atoms with Crippen LogP contribution in [0.15, 0.2) is 0 Å². The first-order valence-corrected chi connectivity index (χ1v) is 2.87. The molecule has 0 bridgehead atoms. The summed E-state index contributed by atoms with van der Waals surface area (Å²) in [7, 11) is 0. The molecule has 1 nitrogen and oxygen atoms in total. The molecule has 46 valence electrons. The summed E-state index contributed by atoms with van der Waals surface area (Å²) in [5, 5.41) is 0. The normalized spacial score (nSPS) is 13.4. The molecule has 0 rings (SSSR count). The van der Waals surface area contributed by atoms with Crippen LogP contribution in [0.2, 0.25) is 0 Å². The van der Waals surface area contributed by atoms with Crippen LogP contribution < -0.4 is 5.73 Å². The first kappa shape index (κ1) is 7.52. The maximum atomic E-state index is 5.58. The van der Waals surface area contributed by atoms with Crippen molar-refractivity contribution in [3.05, 3.63) is 0 Å². The molecule has 0 aromatic rings. The van der Waals surface area contributed by atoms with E-state index in [9.17, 15) is 0 Å². The smallest absolute Gasteiger partial charge is 0.0241 e. The fraction of sp³-hybridized carbons (Fsp3) is 0.714.